The van der Waals surface area contributed by atoms with E-state index >= 15 is 0 Å². The van der Waals surface area contributed by atoms with E-state index in [-0.39, 0.29) is 18.1 Å². The lowest BCUT2D eigenvalue weighted by molar-refractivity contribution is 0.0866. The van der Waals surface area contributed by atoms with Crippen LogP contribution in [-0.2, 0) is 10.2 Å². The van der Waals surface area contributed by atoms with Crippen LogP contribution < -0.4 is 9.44 Å². The molecule has 0 heterocycles. The first-order valence-electron chi connectivity index (χ1n) is 6.43. The van der Waals surface area contributed by atoms with Crippen molar-refractivity contribution in [3.8, 4) is 0 Å². The van der Waals surface area contributed by atoms with Crippen molar-refractivity contribution in [2.75, 3.05) is 13.2 Å². The molecule has 6 heteroatoms. The summed E-state index contributed by atoms with van der Waals surface area (Å²) in [7, 11) is -3.38. The van der Waals surface area contributed by atoms with Gasteiger partial charge in [-0.1, -0.05) is 19.3 Å². The van der Waals surface area contributed by atoms with Crippen LogP contribution in [0.5, 0.6) is 0 Å². The van der Waals surface area contributed by atoms with Gasteiger partial charge in [0, 0.05) is 24.6 Å². The standard InChI is InChI=1S/C11H22N2O3S/c14-9-11(6-2-1-3-7-11)8-12-17(15,16)13-10-4-5-10/h10,12-14H,1-9H2. The van der Waals surface area contributed by atoms with E-state index in [1.807, 2.05) is 0 Å². The molecule has 0 aliphatic heterocycles. The second kappa shape index (κ2) is 5.22. The highest BCUT2D eigenvalue weighted by molar-refractivity contribution is 7.87. The summed E-state index contributed by atoms with van der Waals surface area (Å²) in [6.07, 6.45) is 7.05. The second-order valence-electron chi connectivity index (χ2n) is 5.44. The molecule has 0 aromatic heterocycles. The topological polar surface area (TPSA) is 78.4 Å². The fourth-order valence-electron chi connectivity index (χ4n) is 2.40. The van der Waals surface area contributed by atoms with Crippen LogP contribution in [-0.4, -0.2) is 32.7 Å². The van der Waals surface area contributed by atoms with Crippen molar-refractivity contribution in [1.29, 1.82) is 0 Å². The summed E-state index contributed by atoms with van der Waals surface area (Å²) >= 11 is 0. The molecule has 5 nitrogen and oxygen atoms in total. The second-order valence-corrected chi connectivity index (χ2v) is 6.97. The summed E-state index contributed by atoms with van der Waals surface area (Å²) in [5.41, 5.74) is -0.240. The summed E-state index contributed by atoms with van der Waals surface area (Å²) in [5.74, 6) is 0. The van der Waals surface area contributed by atoms with Crippen molar-refractivity contribution < 1.29 is 13.5 Å². The molecule has 17 heavy (non-hydrogen) atoms. The van der Waals surface area contributed by atoms with E-state index in [0.29, 0.717) is 6.54 Å². The minimum Gasteiger partial charge on any atom is -0.396 e. The van der Waals surface area contributed by atoms with Crippen LogP contribution in [0.25, 0.3) is 0 Å². The van der Waals surface area contributed by atoms with Crippen LogP contribution in [0.1, 0.15) is 44.9 Å². The van der Waals surface area contributed by atoms with Gasteiger partial charge in [0.25, 0.3) is 10.2 Å². The number of aliphatic hydroxyl groups is 1. The number of rotatable bonds is 6. The maximum atomic E-state index is 11.7. The predicted octanol–water partition coefficient (Wildman–Crippen LogP) is 0.516. The molecule has 2 rings (SSSR count). The zero-order valence-corrected chi connectivity index (χ0v) is 10.9. The lowest BCUT2D eigenvalue weighted by Crippen LogP contribution is -2.46. The molecular weight excluding hydrogens is 240 g/mol. The zero-order chi connectivity index (χ0) is 12.4. The van der Waals surface area contributed by atoms with Gasteiger partial charge in [-0.3, -0.25) is 0 Å². The van der Waals surface area contributed by atoms with E-state index in [2.05, 4.69) is 9.44 Å². The molecule has 0 bridgehead atoms. The zero-order valence-electron chi connectivity index (χ0n) is 10.1. The van der Waals surface area contributed by atoms with Gasteiger partial charge in [0.05, 0.1) is 0 Å². The Balaban J connectivity index is 1.85. The van der Waals surface area contributed by atoms with Crippen LogP contribution in [0.3, 0.4) is 0 Å². The van der Waals surface area contributed by atoms with Gasteiger partial charge in [-0.2, -0.15) is 13.1 Å². The molecule has 0 radical (unpaired) electrons. The smallest absolute Gasteiger partial charge is 0.277 e. The van der Waals surface area contributed by atoms with Gasteiger partial charge in [0.15, 0.2) is 0 Å². The van der Waals surface area contributed by atoms with Crippen molar-refractivity contribution in [3.63, 3.8) is 0 Å². The Bertz CT molecular complexity index is 346. The molecular formula is C11H22N2O3S. The van der Waals surface area contributed by atoms with Gasteiger partial charge < -0.3 is 5.11 Å². The predicted molar refractivity (Wildman–Crippen MR) is 65.7 cm³/mol. The van der Waals surface area contributed by atoms with Crippen molar-refractivity contribution in [2.24, 2.45) is 5.41 Å². The molecule has 0 aromatic rings. The third-order valence-corrected chi connectivity index (χ3v) is 4.95. The Hall–Kier alpha value is -0.170. The molecule has 2 saturated carbocycles. The largest absolute Gasteiger partial charge is 0.396 e. The normalized spacial score (nSPS) is 24.8. The van der Waals surface area contributed by atoms with E-state index in [9.17, 15) is 13.5 Å². The molecule has 2 aliphatic rings. The number of nitrogens with one attached hydrogen (secondary N) is 2. The third kappa shape index (κ3) is 3.91. The summed E-state index contributed by atoms with van der Waals surface area (Å²) in [4.78, 5) is 0. The molecule has 0 aromatic carbocycles. The van der Waals surface area contributed by atoms with E-state index in [1.165, 1.54) is 6.42 Å². The van der Waals surface area contributed by atoms with Crippen LogP contribution >= 0.6 is 0 Å². The van der Waals surface area contributed by atoms with E-state index < -0.39 is 10.2 Å². The number of hydrogen-bond acceptors (Lipinski definition) is 3. The first kappa shape index (κ1) is 13.3. The molecule has 2 fully saturated rings. The molecule has 100 valence electrons. The first-order chi connectivity index (χ1) is 8.05. The van der Waals surface area contributed by atoms with E-state index in [1.54, 1.807) is 0 Å². The van der Waals surface area contributed by atoms with Gasteiger partial charge in [-0.05, 0) is 25.7 Å². The van der Waals surface area contributed by atoms with Crippen molar-refractivity contribution >= 4 is 10.2 Å². The van der Waals surface area contributed by atoms with Gasteiger partial charge in [0.1, 0.15) is 0 Å². The molecule has 3 N–H and O–H groups in total. The van der Waals surface area contributed by atoms with Gasteiger partial charge in [-0.15, -0.1) is 0 Å². The van der Waals surface area contributed by atoms with Crippen molar-refractivity contribution in [3.05, 3.63) is 0 Å². The number of aliphatic hydroxyl groups excluding tert-OH is 1. The van der Waals surface area contributed by atoms with Crippen molar-refractivity contribution in [1.82, 2.24) is 9.44 Å². The van der Waals surface area contributed by atoms with Crippen LogP contribution in [0.15, 0.2) is 0 Å². The highest BCUT2D eigenvalue weighted by Gasteiger charge is 2.33. The molecule has 0 amide bonds. The molecule has 0 atom stereocenters. The Labute approximate surface area is 103 Å². The first-order valence-corrected chi connectivity index (χ1v) is 7.91. The van der Waals surface area contributed by atoms with Crippen LogP contribution in [0.4, 0.5) is 0 Å². The Kier molecular flexibility index (Phi) is 4.07. The Morgan fingerprint density at radius 2 is 1.82 bits per heavy atom. The fourth-order valence-corrected chi connectivity index (χ4v) is 3.66. The highest BCUT2D eigenvalue weighted by Crippen LogP contribution is 2.35. The average molecular weight is 262 g/mol. The maximum Gasteiger partial charge on any atom is 0.277 e. The summed E-state index contributed by atoms with van der Waals surface area (Å²) in [6.45, 7) is 0.421. The quantitative estimate of drug-likeness (QED) is 0.653. The summed E-state index contributed by atoms with van der Waals surface area (Å²) in [6, 6.07) is 0.129. The summed E-state index contributed by atoms with van der Waals surface area (Å²) < 4.78 is 28.5. The maximum absolute atomic E-state index is 11.7. The minimum absolute atomic E-state index is 0.0684. The van der Waals surface area contributed by atoms with E-state index in [4.69, 9.17) is 0 Å². The lowest BCUT2D eigenvalue weighted by Gasteiger charge is -2.35. The van der Waals surface area contributed by atoms with Gasteiger partial charge in [-0.25, -0.2) is 4.72 Å². The minimum atomic E-state index is -3.38. The molecule has 2 aliphatic carbocycles. The molecule has 0 unspecified atom stereocenters. The average Bonchev–Trinajstić information content (AvgIpc) is 3.11. The van der Waals surface area contributed by atoms with E-state index in [0.717, 1.165) is 38.5 Å². The summed E-state index contributed by atoms with van der Waals surface area (Å²) in [5, 5.41) is 9.48. The molecule has 0 saturated heterocycles. The highest BCUT2D eigenvalue weighted by atomic mass is 32.2. The van der Waals surface area contributed by atoms with Crippen LogP contribution in [0.2, 0.25) is 0 Å². The van der Waals surface area contributed by atoms with Gasteiger partial charge in [0.2, 0.25) is 0 Å². The molecule has 0 spiro atoms. The third-order valence-electron chi connectivity index (χ3n) is 3.79. The lowest BCUT2D eigenvalue weighted by atomic mass is 9.75. The van der Waals surface area contributed by atoms with Crippen molar-refractivity contribution in [2.45, 2.75) is 51.0 Å². The van der Waals surface area contributed by atoms with Crippen LogP contribution in [0, 0.1) is 5.41 Å². The number of hydrogen-bond donors (Lipinski definition) is 3. The fraction of sp³-hybridized carbons (Fsp3) is 1.00. The SMILES string of the molecule is O=S(=O)(NCC1(CO)CCCCC1)NC1CC1. The van der Waals surface area contributed by atoms with Gasteiger partial charge >= 0.3 is 0 Å². The monoisotopic (exact) mass is 262 g/mol. The Morgan fingerprint density at radius 1 is 1.18 bits per heavy atom. The Morgan fingerprint density at radius 3 is 2.35 bits per heavy atom.